The van der Waals surface area contributed by atoms with Crippen LogP contribution in [-0.4, -0.2) is 17.0 Å². The lowest BCUT2D eigenvalue weighted by Crippen LogP contribution is -2.43. The number of nitrogens with zero attached hydrogens (tertiary/aromatic N) is 2. The maximum atomic E-state index is 6.22. The Morgan fingerprint density at radius 3 is 3.00 bits per heavy atom. The van der Waals surface area contributed by atoms with E-state index in [2.05, 4.69) is 21.4 Å². The van der Waals surface area contributed by atoms with Gasteiger partial charge in [0, 0.05) is 18.0 Å². The van der Waals surface area contributed by atoms with Crippen molar-refractivity contribution in [3.8, 4) is 0 Å². The quantitative estimate of drug-likeness (QED) is 0.740. The van der Waals surface area contributed by atoms with Gasteiger partial charge in [-0.05, 0) is 29.8 Å². The van der Waals surface area contributed by atoms with Gasteiger partial charge in [0.2, 0.25) is 0 Å². The van der Waals surface area contributed by atoms with Gasteiger partial charge in [-0.3, -0.25) is 4.98 Å². The number of aromatic nitrogens is 1. The molecule has 2 aromatic rings. The minimum Gasteiger partial charge on any atom is -0.385 e. The molecule has 1 atom stereocenters. The fourth-order valence-electron chi connectivity index (χ4n) is 2.23. The molecule has 1 aromatic carbocycles. The smallest absolute Gasteiger partial charge is 0.136 e. The van der Waals surface area contributed by atoms with E-state index in [9.17, 15) is 0 Å². The third-order valence-electron chi connectivity index (χ3n) is 3.10. The standard InChI is InChI=1S/C14H15N5/c15-13-8-14(16,19-9-18-13)7-10-3-4-12-11(6-10)2-1-5-17-12/h1-6,8-9H,7,15-16H2,(H,18,19). The Balaban J connectivity index is 1.93. The number of fused-ring (bicyclic) bond motifs is 1. The van der Waals surface area contributed by atoms with E-state index >= 15 is 0 Å². The second-order valence-corrected chi connectivity index (χ2v) is 4.70. The number of pyridine rings is 1. The summed E-state index contributed by atoms with van der Waals surface area (Å²) in [6, 6.07) is 10.0. The maximum absolute atomic E-state index is 6.22. The third-order valence-corrected chi connectivity index (χ3v) is 3.10. The molecule has 19 heavy (non-hydrogen) atoms. The molecule has 5 nitrogen and oxygen atoms in total. The summed E-state index contributed by atoms with van der Waals surface area (Å²) in [5.74, 6) is 0.528. The first kappa shape index (κ1) is 11.7. The molecule has 0 amide bonds. The Bertz CT molecular complexity index is 676. The number of benzene rings is 1. The number of rotatable bonds is 2. The summed E-state index contributed by atoms with van der Waals surface area (Å²) in [6.45, 7) is 0. The minimum absolute atomic E-state index is 0.528. The van der Waals surface area contributed by atoms with Gasteiger partial charge in [-0.2, -0.15) is 0 Å². The molecular weight excluding hydrogens is 238 g/mol. The van der Waals surface area contributed by atoms with Crippen LogP contribution in [-0.2, 0) is 6.42 Å². The lowest BCUT2D eigenvalue weighted by atomic mass is 9.98. The molecule has 5 heteroatoms. The van der Waals surface area contributed by atoms with Crippen LogP contribution in [0.25, 0.3) is 10.9 Å². The lowest BCUT2D eigenvalue weighted by molar-refractivity contribution is 0.540. The van der Waals surface area contributed by atoms with Crippen LogP contribution in [0.1, 0.15) is 5.56 Å². The summed E-state index contributed by atoms with van der Waals surface area (Å²) >= 11 is 0. The van der Waals surface area contributed by atoms with E-state index < -0.39 is 5.66 Å². The van der Waals surface area contributed by atoms with Crippen molar-refractivity contribution < 1.29 is 0 Å². The topological polar surface area (TPSA) is 89.3 Å². The summed E-state index contributed by atoms with van der Waals surface area (Å²) in [7, 11) is 0. The van der Waals surface area contributed by atoms with Crippen LogP contribution in [0.3, 0.4) is 0 Å². The molecule has 1 unspecified atom stereocenters. The average Bonchev–Trinajstić information content (AvgIpc) is 2.38. The summed E-state index contributed by atoms with van der Waals surface area (Å²) in [6.07, 6.45) is 5.65. The first-order chi connectivity index (χ1) is 9.15. The third kappa shape index (κ3) is 2.41. The molecule has 2 heterocycles. The predicted octanol–water partition coefficient (Wildman–Crippen LogP) is 0.864. The second-order valence-electron chi connectivity index (χ2n) is 4.70. The van der Waals surface area contributed by atoms with Crippen molar-refractivity contribution in [1.29, 1.82) is 0 Å². The van der Waals surface area contributed by atoms with Crippen molar-refractivity contribution in [3.05, 3.63) is 54.0 Å². The van der Waals surface area contributed by atoms with Crippen LogP contribution in [0.2, 0.25) is 0 Å². The highest BCUT2D eigenvalue weighted by Crippen LogP contribution is 2.20. The zero-order chi connectivity index (χ0) is 13.3. The first-order valence-electron chi connectivity index (χ1n) is 6.06. The fourth-order valence-corrected chi connectivity index (χ4v) is 2.23. The SMILES string of the molecule is NC1=CC(N)(Cc2ccc3ncccc3c2)N=CN1. The fraction of sp³-hybridized carbons (Fsp3) is 0.143. The molecule has 3 rings (SSSR count). The van der Waals surface area contributed by atoms with E-state index in [-0.39, 0.29) is 0 Å². The highest BCUT2D eigenvalue weighted by molar-refractivity contribution is 5.79. The molecule has 0 radical (unpaired) electrons. The Hall–Kier alpha value is -2.40. The molecule has 0 spiro atoms. The molecule has 0 saturated carbocycles. The number of aliphatic imine (C=N–C) groups is 1. The van der Waals surface area contributed by atoms with Gasteiger partial charge in [0.15, 0.2) is 0 Å². The van der Waals surface area contributed by atoms with Crippen molar-refractivity contribution in [1.82, 2.24) is 10.3 Å². The van der Waals surface area contributed by atoms with E-state index in [1.165, 1.54) is 6.34 Å². The number of nitrogens with two attached hydrogens (primary N) is 2. The first-order valence-corrected chi connectivity index (χ1v) is 6.06. The Morgan fingerprint density at radius 2 is 2.16 bits per heavy atom. The Morgan fingerprint density at radius 1 is 1.26 bits per heavy atom. The van der Waals surface area contributed by atoms with Gasteiger partial charge in [-0.15, -0.1) is 0 Å². The largest absolute Gasteiger partial charge is 0.385 e. The van der Waals surface area contributed by atoms with Crippen LogP contribution >= 0.6 is 0 Å². The van der Waals surface area contributed by atoms with Crippen LogP contribution in [0.15, 0.2) is 53.4 Å². The van der Waals surface area contributed by atoms with E-state index in [0.717, 1.165) is 16.5 Å². The average molecular weight is 253 g/mol. The van der Waals surface area contributed by atoms with E-state index in [1.54, 1.807) is 12.3 Å². The molecule has 96 valence electrons. The van der Waals surface area contributed by atoms with Crippen molar-refractivity contribution in [2.45, 2.75) is 12.1 Å². The van der Waals surface area contributed by atoms with E-state index in [0.29, 0.717) is 12.2 Å². The number of hydrogen-bond acceptors (Lipinski definition) is 5. The molecule has 0 bridgehead atoms. The van der Waals surface area contributed by atoms with Crippen LogP contribution in [0.5, 0.6) is 0 Å². The summed E-state index contributed by atoms with van der Waals surface area (Å²) in [4.78, 5) is 8.55. The Labute approximate surface area is 111 Å². The molecule has 1 aliphatic rings. The molecule has 0 fully saturated rings. The van der Waals surface area contributed by atoms with E-state index in [4.69, 9.17) is 11.5 Å². The molecular formula is C14H15N5. The highest BCUT2D eigenvalue weighted by Gasteiger charge is 2.24. The summed E-state index contributed by atoms with van der Waals surface area (Å²) < 4.78 is 0. The normalized spacial score (nSPS) is 22.1. The van der Waals surface area contributed by atoms with E-state index in [1.807, 2.05) is 24.3 Å². The summed E-state index contributed by atoms with van der Waals surface area (Å²) in [5, 5.41) is 3.91. The van der Waals surface area contributed by atoms with Crippen LogP contribution in [0, 0.1) is 0 Å². The van der Waals surface area contributed by atoms with Crippen LogP contribution < -0.4 is 16.8 Å². The van der Waals surface area contributed by atoms with Crippen molar-refractivity contribution in [2.75, 3.05) is 0 Å². The predicted molar refractivity (Wildman–Crippen MR) is 76.3 cm³/mol. The molecule has 5 N–H and O–H groups in total. The zero-order valence-corrected chi connectivity index (χ0v) is 10.4. The van der Waals surface area contributed by atoms with Gasteiger partial charge in [-0.25, -0.2) is 4.99 Å². The number of hydrogen-bond donors (Lipinski definition) is 3. The zero-order valence-electron chi connectivity index (χ0n) is 10.4. The van der Waals surface area contributed by atoms with Crippen molar-refractivity contribution in [3.63, 3.8) is 0 Å². The van der Waals surface area contributed by atoms with Gasteiger partial charge in [-0.1, -0.05) is 12.1 Å². The summed E-state index contributed by atoms with van der Waals surface area (Å²) in [5.41, 5.74) is 13.2. The van der Waals surface area contributed by atoms with Crippen molar-refractivity contribution >= 4 is 17.2 Å². The minimum atomic E-state index is -0.786. The lowest BCUT2D eigenvalue weighted by Gasteiger charge is -2.25. The van der Waals surface area contributed by atoms with Gasteiger partial charge >= 0.3 is 0 Å². The van der Waals surface area contributed by atoms with Crippen molar-refractivity contribution in [2.24, 2.45) is 16.5 Å². The second kappa shape index (κ2) is 4.37. The van der Waals surface area contributed by atoms with Gasteiger partial charge < -0.3 is 16.8 Å². The molecule has 1 aliphatic heterocycles. The molecule has 1 aromatic heterocycles. The number of nitrogens with one attached hydrogen (secondary N) is 1. The van der Waals surface area contributed by atoms with Gasteiger partial charge in [0.25, 0.3) is 0 Å². The highest BCUT2D eigenvalue weighted by atomic mass is 15.1. The molecule has 0 aliphatic carbocycles. The van der Waals surface area contributed by atoms with Gasteiger partial charge in [0.1, 0.15) is 11.5 Å². The maximum Gasteiger partial charge on any atom is 0.136 e. The monoisotopic (exact) mass is 253 g/mol. The molecule has 0 saturated heterocycles. The Kier molecular flexibility index (Phi) is 2.68. The van der Waals surface area contributed by atoms with Crippen LogP contribution in [0.4, 0.5) is 0 Å². The van der Waals surface area contributed by atoms with Gasteiger partial charge in [0.05, 0.1) is 11.9 Å².